The number of piperidine rings is 1. The monoisotopic (exact) mass is 170 g/mol. The summed E-state index contributed by atoms with van der Waals surface area (Å²) in [5.74, 6) is 0.906. The van der Waals surface area contributed by atoms with Crippen molar-refractivity contribution < 1.29 is 0 Å². The zero-order valence-electron chi connectivity index (χ0n) is 8.34. The lowest BCUT2D eigenvalue weighted by molar-refractivity contribution is 0.318. The van der Waals surface area contributed by atoms with E-state index in [1.54, 1.807) is 0 Å². The van der Waals surface area contributed by atoms with E-state index in [2.05, 4.69) is 5.32 Å². The number of hydrogen-bond acceptors (Lipinski definition) is 2. The minimum Gasteiger partial charge on any atom is -0.328 e. The molecule has 0 radical (unpaired) electrons. The van der Waals surface area contributed by atoms with E-state index < -0.39 is 0 Å². The molecule has 1 saturated carbocycles. The lowest BCUT2D eigenvalue weighted by atomic mass is 9.94. The predicted molar refractivity (Wildman–Crippen MR) is 53.1 cm³/mol. The molecule has 72 valence electrons. The lowest BCUT2D eigenvalue weighted by Crippen LogP contribution is -2.37. The van der Waals surface area contributed by atoms with Crippen molar-refractivity contribution in [2.45, 2.75) is 51.6 Å². The molecule has 3 unspecified atom stereocenters. The number of nitrogens with one attached hydrogen (secondary N) is 1. The third-order valence-electron chi connectivity index (χ3n) is 2.89. The van der Waals surface area contributed by atoms with Crippen molar-refractivity contribution in [2.24, 2.45) is 11.7 Å². The van der Waals surface area contributed by atoms with Gasteiger partial charge in [-0.3, -0.25) is 0 Å². The molecule has 0 aromatic carbocycles. The molecule has 2 heteroatoms. The topological polar surface area (TPSA) is 38.0 Å². The Hall–Kier alpha value is -0.0800. The average Bonchev–Trinajstić information content (AvgIpc) is 2.48. The van der Waals surface area contributed by atoms with Crippen LogP contribution in [0.1, 0.15) is 39.5 Å². The van der Waals surface area contributed by atoms with Gasteiger partial charge in [0.1, 0.15) is 0 Å². The van der Waals surface area contributed by atoms with E-state index in [1.165, 1.54) is 32.2 Å². The van der Waals surface area contributed by atoms with Gasteiger partial charge >= 0.3 is 0 Å². The highest BCUT2D eigenvalue weighted by molar-refractivity contribution is 4.92. The highest BCUT2D eigenvalue weighted by Crippen LogP contribution is 2.30. The highest BCUT2D eigenvalue weighted by Gasteiger charge is 2.33. The van der Waals surface area contributed by atoms with Gasteiger partial charge in [-0.15, -0.1) is 0 Å². The first-order chi connectivity index (χ1) is 5.86. The van der Waals surface area contributed by atoms with E-state index in [9.17, 15) is 0 Å². The summed E-state index contributed by atoms with van der Waals surface area (Å²) < 4.78 is 0. The van der Waals surface area contributed by atoms with Gasteiger partial charge in [-0.05, 0) is 38.1 Å². The van der Waals surface area contributed by atoms with Crippen molar-refractivity contribution >= 4 is 0 Å². The molecule has 2 fully saturated rings. The first-order valence-electron chi connectivity index (χ1n) is 5.35. The van der Waals surface area contributed by atoms with Crippen LogP contribution in [0.4, 0.5) is 0 Å². The molecule has 12 heavy (non-hydrogen) atoms. The van der Waals surface area contributed by atoms with E-state index in [0.29, 0.717) is 6.04 Å². The van der Waals surface area contributed by atoms with Crippen molar-refractivity contribution in [1.82, 2.24) is 5.32 Å². The van der Waals surface area contributed by atoms with Crippen LogP contribution in [0.3, 0.4) is 0 Å². The van der Waals surface area contributed by atoms with Gasteiger partial charge in [-0.1, -0.05) is 13.8 Å². The molecule has 0 spiro atoms. The van der Waals surface area contributed by atoms with Gasteiger partial charge < -0.3 is 11.1 Å². The summed E-state index contributed by atoms with van der Waals surface area (Å²) in [6, 6.07) is 1.25. The molecule has 3 atom stereocenters. The Morgan fingerprint density at radius 3 is 2.67 bits per heavy atom. The summed E-state index contributed by atoms with van der Waals surface area (Å²) >= 11 is 0. The highest BCUT2D eigenvalue weighted by atomic mass is 15.0. The molecule has 1 heterocycles. The fourth-order valence-electron chi connectivity index (χ4n) is 2.39. The van der Waals surface area contributed by atoms with E-state index in [-0.39, 0.29) is 0 Å². The molecule has 2 rings (SSSR count). The van der Waals surface area contributed by atoms with Crippen molar-refractivity contribution in [3.8, 4) is 0 Å². The Kier molecular flexibility index (Phi) is 4.02. The Balaban J connectivity index is 0.000000336. The summed E-state index contributed by atoms with van der Waals surface area (Å²) in [6.07, 6.45) is 5.24. The van der Waals surface area contributed by atoms with Crippen LogP contribution in [-0.4, -0.2) is 18.6 Å². The Bertz CT molecular complexity index is 111. The van der Waals surface area contributed by atoms with Crippen molar-refractivity contribution in [3.63, 3.8) is 0 Å². The fourth-order valence-corrected chi connectivity index (χ4v) is 2.39. The van der Waals surface area contributed by atoms with E-state index in [1.807, 2.05) is 13.8 Å². The van der Waals surface area contributed by atoms with Crippen LogP contribution >= 0.6 is 0 Å². The van der Waals surface area contributed by atoms with Crippen LogP contribution in [0, 0.1) is 5.92 Å². The first-order valence-corrected chi connectivity index (χ1v) is 5.35. The van der Waals surface area contributed by atoms with Crippen LogP contribution in [0.15, 0.2) is 0 Å². The largest absolute Gasteiger partial charge is 0.328 e. The number of hydrogen-bond donors (Lipinski definition) is 2. The number of rotatable bonds is 0. The van der Waals surface area contributed by atoms with Crippen molar-refractivity contribution in [2.75, 3.05) is 6.54 Å². The SMILES string of the molecule is CC.NC1CC2CCCNC2C1. The smallest absolute Gasteiger partial charge is 0.0111 e. The fraction of sp³-hybridized carbons (Fsp3) is 1.00. The average molecular weight is 170 g/mol. The number of fused-ring (bicyclic) bond motifs is 1. The van der Waals surface area contributed by atoms with Gasteiger partial charge in [-0.25, -0.2) is 0 Å². The molecule has 1 aliphatic carbocycles. The zero-order chi connectivity index (χ0) is 8.97. The molecule has 1 aliphatic heterocycles. The van der Waals surface area contributed by atoms with Crippen molar-refractivity contribution in [3.05, 3.63) is 0 Å². The van der Waals surface area contributed by atoms with Crippen LogP contribution in [-0.2, 0) is 0 Å². The Morgan fingerprint density at radius 1 is 1.25 bits per heavy atom. The van der Waals surface area contributed by atoms with Gasteiger partial charge in [0, 0.05) is 12.1 Å². The second-order valence-electron chi connectivity index (χ2n) is 3.69. The van der Waals surface area contributed by atoms with Gasteiger partial charge in [0.25, 0.3) is 0 Å². The standard InChI is InChI=1S/C8H16N2.C2H6/c9-7-4-6-2-1-3-10-8(6)5-7;1-2/h6-8,10H,1-5,9H2;1-2H3. The Morgan fingerprint density at radius 2 is 2.00 bits per heavy atom. The quantitative estimate of drug-likeness (QED) is 0.578. The van der Waals surface area contributed by atoms with E-state index in [0.717, 1.165) is 12.0 Å². The van der Waals surface area contributed by atoms with E-state index >= 15 is 0 Å². The maximum Gasteiger partial charge on any atom is 0.0111 e. The van der Waals surface area contributed by atoms with E-state index in [4.69, 9.17) is 5.73 Å². The molecule has 1 saturated heterocycles. The van der Waals surface area contributed by atoms with Gasteiger partial charge in [0.05, 0.1) is 0 Å². The minimum atomic E-state index is 0.487. The first kappa shape index (κ1) is 10.0. The summed E-state index contributed by atoms with van der Waals surface area (Å²) in [6.45, 7) is 5.22. The maximum atomic E-state index is 5.85. The van der Waals surface area contributed by atoms with Crippen LogP contribution < -0.4 is 11.1 Å². The molecular formula is C10H22N2. The Labute approximate surface area is 75.9 Å². The van der Waals surface area contributed by atoms with Crippen molar-refractivity contribution in [1.29, 1.82) is 0 Å². The van der Waals surface area contributed by atoms with Gasteiger partial charge in [0.2, 0.25) is 0 Å². The van der Waals surface area contributed by atoms with Crippen LogP contribution in [0.5, 0.6) is 0 Å². The third kappa shape index (κ3) is 2.20. The zero-order valence-corrected chi connectivity index (χ0v) is 8.34. The molecule has 2 aliphatic rings. The number of nitrogens with two attached hydrogens (primary N) is 1. The molecule has 0 bridgehead atoms. The van der Waals surface area contributed by atoms with Gasteiger partial charge in [-0.2, -0.15) is 0 Å². The molecular weight excluding hydrogens is 148 g/mol. The van der Waals surface area contributed by atoms with Gasteiger partial charge in [0.15, 0.2) is 0 Å². The normalized spacial score (nSPS) is 39.8. The maximum absolute atomic E-state index is 5.85. The second-order valence-corrected chi connectivity index (χ2v) is 3.69. The summed E-state index contributed by atoms with van der Waals surface area (Å²) in [5, 5.41) is 3.53. The van der Waals surface area contributed by atoms with Crippen LogP contribution in [0.25, 0.3) is 0 Å². The molecule has 3 N–H and O–H groups in total. The summed E-state index contributed by atoms with van der Waals surface area (Å²) in [5.41, 5.74) is 5.85. The van der Waals surface area contributed by atoms with Crippen LogP contribution in [0.2, 0.25) is 0 Å². The predicted octanol–water partition coefficient (Wildman–Crippen LogP) is 1.50. The summed E-state index contributed by atoms with van der Waals surface area (Å²) in [4.78, 5) is 0. The lowest BCUT2D eigenvalue weighted by Gasteiger charge is -2.25. The molecule has 0 aromatic rings. The molecule has 2 nitrogen and oxygen atoms in total. The second kappa shape index (κ2) is 4.83. The third-order valence-corrected chi connectivity index (χ3v) is 2.89. The minimum absolute atomic E-state index is 0.487. The molecule has 0 amide bonds. The molecule has 0 aromatic heterocycles. The summed E-state index contributed by atoms with van der Waals surface area (Å²) in [7, 11) is 0.